The SMILES string of the molecule is Cn1cc(C=CC(=O)N2CCCCC2)c([N+](=O)[O-])n1. The fraction of sp³-hybridized carbons (Fsp3) is 0.500. The number of nitrogens with zero attached hydrogens (tertiary/aromatic N) is 4. The molecule has 2 rings (SSSR count). The van der Waals surface area contributed by atoms with Crippen molar-refractivity contribution in [2.24, 2.45) is 7.05 Å². The van der Waals surface area contributed by atoms with Crippen LogP contribution in [0.25, 0.3) is 6.08 Å². The van der Waals surface area contributed by atoms with Crippen LogP contribution in [-0.2, 0) is 11.8 Å². The van der Waals surface area contributed by atoms with Crippen LogP contribution in [0.3, 0.4) is 0 Å². The molecule has 0 atom stereocenters. The summed E-state index contributed by atoms with van der Waals surface area (Å²) in [5.74, 6) is -0.331. The second-order valence-electron chi connectivity index (χ2n) is 4.56. The standard InChI is InChI=1S/C12H16N4O3/c1-14-9-10(12(13-14)16(18)19)5-6-11(17)15-7-3-2-4-8-15/h5-6,9H,2-4,7-8H2,1H3. The van der Waals surface area contributed by atoms with E-state index in [9.17, 15) is 14.9 Å². The maximum atomic E-state index is 11.9. The molecule has 0 unspecified atom stereocenters. The van der Waals surface area contributed by atoms with Crippen molar-refractivity contribution in [3.63, 3.8) is 0 Å². The highest BCUT2D eigenvalue weighted by Gasteiger charge is 2.18. The first-order chi connectivity index (χ1) is 9.08. The van der Waals surface area contributed by atoms with Gasteiger partial charge in [0.15, 0.2) is 0 Å². The van der Waals surface area contributed by atoms with E-state index >= 15 is 0 Å². The van der Waals surface area contributed by atoms with Gasteiger partial charge in [0.2, 0.25) is 5.91 Å². The second-order valence-corrected chi connectivity index (χ2v) is 4.56. The van der Waals surface area contributed by atoms with E-state index in [2.05, 4.69) is 5.10 Å². The smallest absolute Gasteiger partial charge is 0.358 e. The molecule has 0 saturated carbocycles. The molecule has 7 heteroatoms. The average Bonchev–Trinajstić information content (AvgIpc) is 2.78. The van der Waals surface area contributed by atoms with Crippen LogP contribution in [0.2, 0.25) is 0 Å². The zero-order chi connectivity index (χ0) is 13.8. The lowest BCUT2D eigenvalue weighted by molar-refractivity contribution is -0.390. The molecule has 0 bridgehead atoms. The molecule has 102 valence electrons. The van der Waals surface area contributed by atoms with Gasteiger partial charge in [-0.1, -0.05) is 0 Å². The number of likely N-dealkylation sites (tertiary alicyclic amines) is 1. The van der Waals surface area contributed by atoms with E-state index in [0.29, 0.717) is 5.56 Å². The van der Waals surface area contributed by atoms with Gasteiger partial charge >= 0.3 is 5.82 Å². The first-order valence-electron chi connectivity index (χ1n) is 6.23. The van der Waals surface area contributed by atoms with Crippen molar-refractivity contribution in [2.75, 3.05) is 13.1 Å². The zero-order valence-corrected chi connectivity index (χ0v) is 10.8. The van der Waals surface area contributed by atoms with Gasteiger partial charge in [0.25, 0.3) is 0 Å². The Balaban J connectivity index is 2.09. The summed E-state index contributed by atoms with van der Waals surface area (Å²) in [6.45, 7) is 1.52. The Morgan fingerprint density at radius 3 is 2.74 bits per heavy atom. The Bertz CT molecular complexity index is 515. The van der Waals surface area contributed by atoms with Gasteiger partial charge in [0, 0.05) is 19.2 Å². The Hall–Kier alpha value is -2.18. The molecular formula is C12H16N4O3. The molecule has 0 spiro atoms. The summed E-state index contributed by atoms with van der Waals surface area (Å²) < 4.78 is 1.36. The zero-order valence-electron chi connectivity index (χ0n) is 10.8. The third-order valence-corrected chi connectivity index (χ3v) is 3.08. The molecule has 1 aromatic heterocycles. The quantitative estimate of drug-likeness (QED) is 0.469. The van der Waals surface area contributed by atoms with Gasteiger partial charge in [-0.2, -0.15) is 4.68 Å². The Morgan fingerprint density at radius 2 is 2.11 bits per heavy atom. The summed E-state index contributed by atoms with van der Waals surface area (Å²) in [6.07, 6.45) is 7.57. The molecule has 19 heavy (non-hydrogen) atoms. The van der Waals surface area contributed by atoms with E-state index in [1.54, 1.807) is 11.9 Å². The van der Waals surface area contributed by atoms with E-state index in [-0.39, 0.29) is 11.7 Å². The molecule has 1 aliphatic heterocycles. The van der Waals surface area contributed by atoms with E-state index < -0.39 is 4.92 Å². The van der Waals surface area contributed by atoms with E-state index in [4.69, 9.17) is 0 Å². The number of hydrogen-bond acceptors (Lipinski definition) is 4. The van der Waals surface area contributed by atoms with Gasteiger partial charge in [-0.3, -0.25) is 4.79 Å². The number of aromatic nitrogens is 2. The van der Waals surface area contributed by atoms with Gasteiger partial charge in [-0.15, -0.1) is 0 Å². The molecule has 0 aliphatic carbocycles. The molecule has 1 amide bonds. The summed E-state index contributed by atoms with van der Waals surface area (Å²) in [7, 11) is 1.61. The first kappa shape index (κ1) is 13.3. The van der Waals surface area contributed by atoms with Gasteiger partial charge in [0.1, 0.15) is 0 Å². The monoisotopic (exact) mass is 264 g/mol. The predicted octanol–water partition coefficient (Wildman–Crippen LogP) is 1.35. The van der Waals surface area contributed by atoms with Crippen LogP contribution in [0, 0.1) is 10.1 Å². The van der Waals surface area contributed by atoms with Crippen LogP contribution in [-0.4, -0.2) is 38.6 Å². The molecule has 1 aromatic rings. The third-order valence-electron chi connectivity index (χ3n) is 3.08. The van der Waals surface area contributed by atoms with Crippen molar-refractivity contribution in [3.8, 4) is 0 Å². The molecule has 1 aliphatic rings. The van der Waals surface area contributed by atoms with Gasteiger partial charge in [-0.05, 0) is 30.3 Å². The average molecular weight is 264 g/mol. The predicted molar refractivity (Wildman–Crippen MR) is 69.3 cm³/mol. The minimum absolute atomic E-state index is 0.0992. The number of nitro groups is 1. The van der Waals surface area contributed by atoms with Crippen LogP contribution in [0.15, 0.2) is 12.3 Å². The molecule has 1 fully saturated rings. The Kier molecular flexibility index (Phi) is 3.94. The number of hydrogen-bond donors (Lipinski definition) is 0. The van der Waals surface area contributed by atoms with Crippen molar-refractivity contribution in [1.29, 1.82) is 0 Å². The van der Waals surface area contributed by atoms with Gasteiger partial charge in [0.05, 0.1) is 23.9 Å². The van der Waals surface area contributed by atoms with Crippen LogP contribution in [0.1, 0.15) is 24.8 Å². The van der Waals surface area contributed by atoms with Crippen molar-refractivity contribution < 1.29 is 9.72 Å². The molecule has 0 radical (unpaired) electrons. The van der Waals surface area contributed by atoms with Crippen LogP contribution >= 0.6 is 0 Å². The summed E-state index contributed by atoms with van der Waals surface area (Å²) in [6, 6.07) is 0. The maximum Gasteiger partial charge on any atom is 0.397 e. The van der Waals surface area contributed by atoms with Crippen LogP contribution in [0.4, 0.5) is 5.82 Å². The Labute approximate surface area is 110 Å². The van der Waals surface area contributed by atoms with Crippen molar-refractivity contribution in [3.05, 3.63) is 28.0 Å². The van der Waals surface area contributed by atoms with Crippen LogP contribution < -0.4 is 0 Å². The van der Waals surface area contributed by atoms with E-state index in [1.807, 2.05) is 0 Å². The molecule has 0 aromatic carbocycles. The number of piperidine rings is 1. The topological polar surface area (TPSA) is 81.3 Å². The summed E-state index contributed by atoms with van der Waals surface area (Å²) in [5.41, 5.74) is 0.345. The number of amides is 1. The molecule has 0 N–H and O–H groups in total. The molecule has 1 saturated heterocycles. The summed E-state index contributed by atoms with van der Waals surface area (Å²) >= 11 is 0. The maximum absolute atomic E-state index is 11.9. The summed E-state index contributed by atoms with van der Waals surface area (Å²) in [5, 5.41) is 14.5. The van der Waals surface area contributed by atoms with Crippen molar-refractivity contribution in [1.82, 2.24) is 14.7 Å². The highest BCUT2D eigenvalue weighted by atomic mass is 16.6. The molecule has 7 nitrogen and oxygen atoms in total. The number of carbonyl (C=O) groups excluding carboxylic acids is 1. The molecular weight excluding hydrogens is 248 g/mol. The van der Waals surface area contributed by atoms with E-state index in [1.165, 1.54) is 23.0 Å². The second kappa shape index (κ2) is 5.64. The van der Waals surface area contributed by atoms with E-state index in [0.717, 1.165) is 32.4 Å². The highest BCUT2D eigenvalue weighted by molar-refractivity contribution is 5.92. The number of aryl methyl sites for hydroxylation is 1. The summed E-state index contributed by atoms with van der Waals surface area (Å²) in [4.78, 5) is 23.9. The fourth-order valence-electron chi connectivity index (χ4n) is 2.14. The molecule has 2 heterocycles. The third kappa shape index (κ3) is 3.18. The number of rotatable bonds is 3. The first-order valence-corrected chi connectivity index (χ1v) is 6.23. The van der Waals surface area contributed by atoms with Gasteiger partial charge < -0.3 is 15.0 Å². The minimum atomic E-state index is -0.551. The lowest BCUT2D eigenvalue weighted by Gasteiger charge is -2.25. The largest absolute Gasteiger partial charge is 0.397 e. The van der Waals surface area contributed by atoms with Crippen molar-refractivity contribution in [2.45, 2.75) is 19.3 Å². The highest BCUT2D eigenvalue weighted by Crippen LogP contribution is 2.17. The normalized spacial score (nSPS) is 15.9. The lowest BCUT2D eigenvalue weighted by Crippen LogP contribution is -2.34. The minimum Gasteiger partial charge on any atom is -0.358 e. The van der Waals surface area contributed by atoms with Crippen molar-refractivity contribution >= 4 is 17.8 Å². The number of carbonyl (C=O) groups is 1. The van der Waals surface area contributed by atoms with Gasteiger partial charge in [-0.25, -0.2) is 0 Å². The lowest BCUT2D eigenvalue weighted by atomic mass is 10.1. The fourth-order valence-corrected chi connectivity index (χ4v) is 2.14. The Morgan fingerprint density at radius 1 is 1.42 bits per heavy atom. The van der Waals surface area contributed by atoms with Crippen LogP contribution in [0.5, 0.6) is 0 Å².